The molecule has 1 atom stereocenters. The van der Waals surface area contributed by atoms with Crippen LogP contribution in [0.2, 0.25) is 5.02 Å². The highest BCUT2D eigenvalue weighted by Gasteiger charge is 2.16. The molecule has 180 valence electrons. The standard InChI is InChI=1S/C25H29ClN4O4/c1-3-17(2)28-23(32)16-30-21-12-7-5-10-19(21)24(33)29(25(30)34)14-8-13-22(31)27-15-18-9-4-6-11-20(18)26/h4-7,9-12,17H,3,8,13-16H2,1-2H3,(H,27,31)(H,28,32)/t17-/m1/s1. The zero-order valence-corrected chi connectivity index (χ0v) is 20.1. The SMILES string of the molecule is CC[C@@H](C)NC(=O)Cn1c(=O)n(CCCC(=O)NCc2ccccc2Cl)c(=O)c2ccccc21. The second-order valence-electron chi connectivity index (χ2n) is 8.19. The summed E-state index contributed by atoms with van der Waals surface area (Å²) in [6, 6.07) is 13.9. The fraction of sp³-hybridized carbons (Fsp3) is 0.360. The summed E-state index contributed by atoms with van der Waals surface area (Å²) in [5, 5.41) is 6.57. The molecular weight excluding hydrogens is 456 g/mol. The minimum absolute atomic E-state index is 0.0235. The Hall–Kier alpha value is -3.39. The number of rotatable bonds is 10. The highest BCUT2D eigenvalue weighted by Crippen LogP contribution is 2.14. The highest BCUT2D eigenvalue weighted by atomic mass is 35.5. The van der Waals surface area contributed by atoms with Crippen LogP contribution in [0.1, 0.15) is 38.7 Å². The third-order valence-electron chi connectivity index (χ3n) is 5.67. The van der Waals surface area contributed by atoms with Crippen molar-refractivity contribution in [1.82, 2.24) is 19.8 Å². The Morgan fingerprint density at radius 1 is 1.00 bits per heavy atom. The van der Waals surface area contributed by atoms with Gasteiger partial charge in [0.15, 0.2) is 0 Å². The number of hydrogen-bond acceptors (Lipinski definition) is 4. The van der Waals surface area contributed by atoms with E-state index in [2.05, 4.69) is 10.6 Å². The molecule has 1 heterocycles. The number of benzene rings is 2. The summed E-state index contributed by atoms with van der Waals surface area (Å²) in [7, 11) is 0. The van der Waals surface area contributed by atoms with Crippen LogP contribution >= 0.6 is 11.6 Å². The van der Waals surface area contributed by atoms with Crippen molar-refractivity contribution < 1.29 is 9.59 Å². The van der Waals surface area contributed by atoms with Crippen LogP contribution in [0.3, 0.4) is 0 Å². The summed E-state index contributed by atoms with van der Waals surface area (Å²) in [4.78, 5) is 50.9. The summed E-state index contributed by atoms with van der Waals surface area (Å²) < 4.78 is 2.41. The number of fused-ring (bicyclic) bond motifs is 1. The third kappa shape index (κ3) is 6.14. The molecule has 9 heteroatoms. The average molecular weight is 485 g/mol. The van der Waals surface area contributed by atoms with E-state index in [1.165, 1.54) is 4.57 Å². The predicted molar refractivity (Wildman–Crippen MR) is 133 cm³/mol. The second-order valence-corrected chi connectivity index (χ2v) is 8.60. The van der Waals surface area contributed by atoms with Crippen LogP contribution in [-0.4, -0.2) is 27.0 Å². The fourth-order valence-corrected chi connectivity index (χ4v) is 3.81. The molecule has 1 aromatic heterocycles. The molecule has 0 aliphatic rings. The van der Waals surface area contributed by atoms with Gasteiger partial charge >= 0.3 is 5.69 Å². The first kappa shape index (κ1) is 25.2. The Labute approximate surface area is 202 Å². The molecule has 0 radical (unpaired) electrons. The highest BCUT2D eigenvalue weighted by molar-refractivity contribution is 6.31. The Morgan fingerprint density at radius 3 is 2.44 bits per heavy atom. The predicted octanol–water partition coefficient (Wildman–Crippen LogP) is 2.83. The van der Waals surface area contributed by atoms with Crippen molar-refractivity contribution in [2.45, 2.75) is 58.8 Å². The van der Waals surface area contributed by atoms with E-state index in [1.807, 2.05) is 32.0 Å². The first-order valence-corrected chi connectivity index (χ1v) is 11.7. The molecule has 3 aromatic rings. The number of aromatic nitrogens is 2. The maximum absolute atomic E-state index is 13.1. The van der Waals surface area contributed by atoms with E-state index in [0.717, 1.165) is 16.6 Å². The molecule has 0 unspecified atom stereocenters. The Kier molecular flexibility index (Phi) is 8.65. The topological polar surface area (TPSA) is 102 Å². The number of para-hydroxylation sites is 1. The largest absolute Gasteiger partial charge is 0.352 e. The van der Waals surface area contributed by atoms with E-state index in [-0.39, 0.29) is 37.4 Å². The molecule has 0 saturated carbocycles. The summed E-state index contributed by atoms with van der Waals surface area (Å²) in [6.07, 6.45) is 1.19. The van der Waals surface area contributed by atoms with Gasteiger partial charge in [-0.15, -0.1) is 0 Å². The van der Waals surface area contributed by atoms with Crippen LogP contribution in [0.5, 0.6) is 0 Å². The minimum Gasteiger partial charge on any atom is -0.352 e. The van der Waals surface area contributed by atoms with Gasteiger partial charge in [0, 0.05) is 30.6 Å². The zero-order chi connectivity index (χ0) is 24.7. The molecule has 3 rings (SSSR count). The van der Waals surface area contributed by atoms with Crippen LogP contribution in [0.25, 0.3) is 10.9 Å². The number of halogens is 1. The number of carbonyl (C=O) groups excluding carboxylic acids is 2. The van der Waals surface area contributed by atoms with Crippen LogP contribution in [0.4, 0.5) is 0 Å². The van der Waals surface area contributed by atoms with Gasteiger partial charge < -0.3 is 10.6 Å². The average Bonchev–Trinajstić information content (AvgIpc) is 2.83. The third-order valence-corrected chi connectivity index (χ3v) is 6.04. The van der Waals surface area contributed by atoms with Gasteiger partial charge in [0.2, 0.25) is 11.8 Å². The van der Waals surface area contributed by atoms with Crippen LogP contribution in [0.15, 0.2) is 58.1 Å². The molecule has 2 aromatic carbocycles. The fourth-order valence-electron chi connectivity index (χ4n) is 3.61. The molecule has 8 nitrogen and oxygen atoms in total. The monoisotopic (exact) mass is 484 g/mol. The van der Waals surface area contributed by atoms with Crippen molar-refractivity contribution in [2.75, 3.05) is 0 Å². The van der Waals surface area contributed by atoms with E-state index in [4.69, 9.17) is 11.6 Å². The first-order chi connectivity index (χ1) is 16.3. The van der Waals surface area contributed by atoms with Gasteiger partial charge in [0.25, 0.3) is 5.56 Å². The van der Waals surface area contributed by atoms with E-state index >= 15 is 0 Å². The molecule has 0 fully saturated rings. The van der Waals surface area contributed by atoms with Gasteiger partial charge in [-0.25, -0.2) is 4.79 Å². The number of amides is 2. The molecule has 34 heavy (non-hydrogen) atoms. The summed E-state index contributed by atoms with van der Waals surface area (Å²) in [5.74, 6) is -0.507. The van der Waals surface area contributed by atoms with Crippen molar-refractivity contribution in [3.63, 3.8) is 0 Å². The molecule has 0 saturated heterocycles. The maximum Gasteiger partial charge on any atom is 0.331 e. The smallest absolute Gasteiger partial charge is 0.331 e. The molecule has 0 aliphatic heterocycles. The van der Waals surface area contributed by atoms with Gasteiger partial charge in [-0.05, 0) is 43.5 Å². The summed E-state index contributed by atoms with van der Waals surface area (Å²) >= 11 is 6.11. The summed E-state index contributed by atoms with van der Waals surface area (Å²) in [6.45, 7) is 4.01. The maximum atomic E-state index is 13.1. The van der Waals surface area contributed by atoms with Crippen molar-refractivity contribution in [2.24, 2.45) is 0 Å². The number of nitrogens with zero attached hydrogens (tertiary/aromatic N) is 2. The number of hydrogen-bond donors (Lipinski definition) is 2. The molecule has 2 amide bonds. The Bertz CT molecular complexity index is 1300. The van der Waals surface area contributed by atoms with Gasteiger partial charge in [-0.2, -0.15) is 0 Å². The van der Waals surface area contributed by atoms with Crippen molar-refractivity contribution in [1.29, 1.82) is 0 Å². The quantitative estimate of drug-likeness (QED) is 0.462. The zero-order valence-electron chi connectivity index (χ0n) is 19.3. The van der Waals surface area contributed by atoms with Gasteiger partial charge in [-0.1, -0.05) is 48.9 Å². The van der Waals surface area contributed by atoms with Crippen molar-refractivity contribution >= 4 is 34.3 Å². The van der Waals surface area contributed by atoms with Gasteiger partial charge in [-0.3, -0.25) is 23.5 Å². The van der Waals surface area contributed by atoms with Crippen molar-refractivity contribution in [3.8, 4) is 0 Å². The lowest BCUT2D eigenvalue weighted by Crippen LogP contribution is -2.43. The Balaban J connectivity index is 1.74. The molecule has 0 bridgehead atoms. The van der Waals surface area contributed by atoms with Crippen molar-refractivity contribution in [3.05, 3.63) is 80.0 Å². The van der Waals surface area contributed by atoms with Gasteiger partial charge in [0.1, 0.15) is 6.54 Å². The molecular formula is C25H29ClN4O4. The van der Waals surface area contributed by atoms with E-state index in [9.17, 15) is 19.2 Å². The van der Waals surface area contributed by atoms with E-state index in [1.54, 1.807) is 30.3 Å². The molecule has 0 spiro atoms. The minimum atomic E-state index is -0.570. The summed E-state index contributed by atoms with van der Waals surface area (Å²) in [5.41, 5.74) is 0.211. The number of nitrogens with one attached hydrogen (secondary N) is 2. The first-order valence-electron chi connectivity index (χ1n) is 11.3. The van der Waals surface area contributed by atoms with E-state index in [0.29, 0.717) is 28.9 Å². The molecule has 0 aliphatic carbocycles. The van der Waals surface area contributed by atoms with E-state index < -0.39 is 11.2 Å². The Morgan fingerprint density at radius 2 is 1.71 bits per heavy atom. The van der Waals surface area contributed by atoms with Gasteiger partial charge in [0.05, 0.1) is 10.9 Å². The molecule has 2 N–H and O–H groups in total. The normalized spacial score (nSPS) is 11.9. The second kappa shape index (κ2) is 11.7. The van der Waals surface area contributed by atoms with Crippen LogP contribution < -0.4 is 21.9 Å². The lowest BCUT2D eigenvalue weighted by molar-refractivity contribution is -0.122. The number of carbonyl (C=O) groups is 2. The van der Waals surface area contributed by atoms with Crippen LogP contribution in [0, 0.1) is 0 Å². The lowest BCUT2D eigenvalue weighted by atomic mass is 10.2. The lowest BCUT2D eigenvalue weighted by Gasteiger charge is -2.16. The van der Waals surface area contributed by atoms with Crippen LogP contribution in [-0.2, 0) is 29.2 Å².